The fourth-order valence-electron chi connectivity index (χ4n) is 2.88. The molecule has 3 aromatic rings. The summed E-state index contributed by atoms with van der Waals surface area (Å²) in [7, 11) is 0. The van der Waals surface area contributed by atoms with Gasteiger partial charge in [-0.3, -0.25) is 4.79 Å². The first-order valence-electron chi connectivity index (χ1n) is 9.37. The van der Waals surface area contributed by atoms with Crippen LogP contribution in [0.25, 0.3) is 6.08 Å². The molecule has 0 radical (unpaired) electrons. The molecule has 0 unspecified atom stereocenters. The van der Waals surface area contributed by atoms with Gasteiger partial charge in [-0.15, -0.1) is 0 Å². The first-order chi connectivity index (χ1) is 13.4. The third-order valence-corrected chi connectivity index (χ3v) is 4.57. The molecule has 28 heavy (non-hydrogen) atoms. The summed E-state index contributed by atoms with van der Waals surface area (Å²) in [5.41, 5.74) is 4.58. The second-order valence-electron chi connectivity index (χ2n) is 7.78. The Morgan fingerprint density at radius 2 is 1.79 bits per heavy atom. The summed E-state index contributed by atoms with van der Waals surface area (Å²) < 4.78 is 1.77. The molecule has 0 aliphatic heterocycles. The summed E-state index contributed by atoms with van der Waals surface area (Å²) in [5, 5.41) is 7.09. The van der Waals surface area contributed by atoms with Crippen LogP contribution in [0.15, 0.2) is 67.3 Å². The lowest BCUT2D eigenvalue weighted by atomic mass is 9.87. The first kappa shape index (κ1) is 19.5. The molecule has 5 nitrogen and oxygen atoms in total. The standard InChI is InChI=1S/C23H26N4O/c1-23(2,3)21-11-8-18(9-12-21)10-13-22(28)25-14-19-6-4-5-7-20(19)15-27-17-24-16-26-27/h4-13,16-17H,14-15H2,1-3H3,(H,25,28)/b13-10+. The maximum atomic E-state index is 12.2. The predicted octanol–water partition coefficient (Wildman–Crippen LogP) is 3.95. The van der Waals surface area contributed by atoms with E-state index in [-0.39, 0.29) is 11.3 Å². The Balaban J connectivity index is 1.58. The first-order valence-corrected chi connectivity index (χ1v) is 9.37. The van der Waals surface area contributed by atoms with E-state index in [1.54, 1.807) is 17.1 Å². The molecule has 3 rings (SSSR count). The van der Waals surface area contributed by atoms with Crippen molar-refractivity contribution >= 4 is 12.0 Å². The van der Waals surface area contributed by atoms with E-state index in [4.69, 9.17) is 0 Å². The number of carbonyl (C=O) groups excluding carboxylic acids is 1. The van der Waals surface area contributed by atoms with Crippen molar-refractivity contribution in [3.63, 3.8) is 0 Å². The fraction of sp³-hybridized carbons (Fsp3) is 0.261. The van der Waals surface area contributed by atoms with E-state index >= 15 is 0 Å². The van der Waals surface area contributed by atoms with Gasteiger partial charge in [-0.1, -0.05) is 69.3 Å². The van der Waals surface area contributed by atoms with Crippen LogP contribution in [0.1, 0.15) is 43.0 Å². The monoisotopic (exact) mass is 374 g/mol. The average molecular weight is 374 g/mol. The molecule has 144 valence electrons. The third kappa shape index (κ3) is 5.39. The Kier molecular flexibility index (Phi) is 6.04. The molecule has 2 aromatic carbocycles. The van der Waals surface area contributed by atoms with Crippen LogP contribution in [-0.4, -0.2) is 20.7 Å². The Bertz CT molecular complexity index is 935. The SMILES string of the molecule is CC(C)(C)c1ccc(/C=C/C(=O)NCc2ccccc2Cn2cncn2)cc1. The van der Waals surface area contributed by atoms with Gasteiger partial charge in [0, 0.05) is 12.6 Å². The van der Waals surface area contributed by atoms with Crippen LogP contribution in [0.3, 0.4) is 0 Å². The van der Waals surface area contributed by atoms with Crippen LogP contribution in [0.2, 0.25) is 0 Å². The lowest BCUT2D eigenvalue weighted by Gasteiger charge is -2.18. The van der Waals surface area contributed by atoms with Gasteiger partial charge in [0.05, 0.1) is 6.54 Å². The van der Waals surface area contributed by atoms with Crippen molar-refractivity contribution in [1.29, 1.82) is 0 Å². The molecule has 0 spiro atoms. The molecule has 0 saturated heterocycles. The Morgan fingerprint density at radius 3 is 2.43 bits per heavy atom. The smallest absolute Gasteiger partial charge is 0.244 e. The van der Waals surface area contributed by atoms with Gasteiger partial charge in [-0.05, 0) is 33.7 Å². The van der Waals surface area contributed by atoms with Crippen LogP contribution in [0, 0.1) is 0 Å². The predicted molar refractivity (Wildman–Crippen MR) is 112 cm³/mol. The number of amides is 1. The minimum absolute atomic E-state index is 0.115. The molecule has 0 saturated carbocycles. The number of aromatic nitrogens is 3. The van der Waals surface area contributed by atoms with Gasteiger partial charge in [0.25, 0.3) is 0 Å². The molecule has 1 amide bonds. The Labute approximate surface area is 166 Å². The largest absolute Gasteiger partial charge is 0.348 e. The van der Waals surface area contributed by atoms with Crippen LogP contribution >= 0.6 is 0 Å². The molecule has 0 aliphatic rings. The van der Waals surface area contributed by atoms with Gasteiger partial charge in [-0.2, -0.15) is 5.10 Å². The summed E-state index contributed by atoms with van der Waals surface area (Å²) in [6.07, 6.45) is 6.61. The minimum Gasteiger partial charge on any atom is -0.348 e. The highest BCUT2D eigenvalue weighted by atomic mass is 16.1. The van der Waals surface area contributed by atoms with Gasteiger partial charge in [0.2, 0.25) is 5.91 Å². The topological polar surface area (TPSA) is 59.8 Å². The highest BCUT2D eigenvalue weighted by Gasteiger charge is 2.12. The van der Waals surface area contributed by atoms with Crippen molar-refractivity contribution in [3.05, 3.63) is 89.5 Å². The van der Waals surface area contributed by atoms with Gasteiger partial charge in [0.1, 0.15) is 12.7 Å². The van der Waals surface area contributed by atoms with E-state index in [2.05, 4.69) is 48.3 Å². The normalized spacial score (nSPS) is 11.7. The van der Waals surface area contributed by atoms with Crippen molar-refractivity contribution in [2.75, 3.05) is 0 Å². The van der Waals surface area contributed by atoms with Crippen molar-refractivity contribution in [1.82, 2.24) is 20.1 Å². The lowest BCUT2D eigenvalue weighted by molar-refractivity contribution is -0.116. The van der Waals surface area contributed by atoms with Crippen molar-refractivity contribution < 1.29 is 4.79 Å². The van der Waals surface area contributed by atoms with E-state index in [1.165, 1.54) is 11.9 Å². The Morgan fingerprint density at radius 1 is 1.07 bits per heavy atom. The van der Waals surface area contributed by atoms with Gasteiger partial charge >= 0.3 is 0 Å². The maximum Gasteiger partial charge on any atom is 0.244 e. The van der Waals surface area contributed by atoms with Crippen molar-refractivity contribution in [3.8, 4) is 0 Å². The third-order valence-electron chi connectivity index (χ3n) is 4.57. The number of rotatable bonds is 6. The lowest BCUT2D eigenvalue weighted by Crippen LogP contribution is -2.21. The summed E-state index contributed by atoms with van der Waals surface area (Å²) in [4.78, 5) is 16.2. The quantitative estimate of drug-likeness (QED) is 0.665. The van der Waals surface area contributed by atoms with E-state index in [9.17, 15) is 4.79 Å². The molecule has 0 aliphatic carbocycles. The van der Waals surface area contributed by atoms with E-state index in [0.29, 0.717) is 13.1 Å². The van der Waals surface area contributed by atoms with Gasteiger partial charge in [0.15, 0.2) is 0 Å². The van der Waals surface area contributed by atoms with E-state index < -0.39 is 0 Å². The van der Waals surface area contributed by atoms with Gasteiger partial charge < -0.3 is 5.32 Å². The zero-order valence-corrected chi connectivity index (χ0v) is 16.6. The molecular formula is C23H26N4O. The number of carbonyl (C=O) groups is 1. The molecule has 0 bridgehead atoms. The van der Waals surface area contributed by atoms with Crippen LogP contribution in [-0.2, 0) is 23.3 Å². The molecule has 5 heteroatoms. The molecule has 1 aromatic heterocycles. The van der Waals surface area contributed by atoms with Crippen LogP contribution in [0.5, 0.6) is 0 Å². The number of hydrogen-bond donors (Lipinski definition) is 1. The molecule has 0 atom stereocenters. The number of nitrogens with one attached hydrogen (secondary N) is 1. The minimum atomic E-state index is -0.115. The number of nitrogens with zero attached hydrogens (tertiary/aromatic N) is 3. The molecular weight excluding hydrogens is 348 g/mol. The summed E-state index contributed by atoms with van der Waals surface area (Å²) in [5.74, 6) is -0.115. The second kappa shape index (κ2) is 8.65. The van der Waals surface area contributed by atoms with Crippen molar-refractivity contribution in [2.24, 2.45) is 0 Å². The van der Waals surface area contributed by atoms with E-state index in [1.807, 2.05) is 42.5 Å². The summed E-state index contributed by atoms with van der Waals surface area (Å²) in [6.45, 7) is 7.66. The maximum absolute atomic E-state index is 12.2. The molecule has 0 fully saturated rings. The zero-order chi connectivity index (χ0) is 20.0. The highest BCUT2D eigenvalue weighted by Crippen LogP contribution is 2.22. The van der Waals surface area contributed by atoms with Gasteiger partial charge in [-0.25, -0.2) is 9.67 Å². The summed E-state index contributed by atoms with van der Waals surface area (Å²) in [6, 6.07) is 16.3. The fourth-order valence-corrected chi connectivity index (χ4v) is 2.88. The van der Waals surface area contributed by atoms with E-state index in [0.717, 1.165) is 16.7 Å². The highest BCUT2D eigenvalue weighted by molar-refractivity contribution is 5.91. The Hall–Kier alpha value is -3.21. The molecule has 1 N–H and O–H groups in total. The number of hydrogen-bond acceptors (Lipinski definition) is 3. The van der Waals surface area contributed by atoms with Crippen LogP contribution in [0.4, 0.5) is 0 Å². The number of benzene rings is 2. The second-order valence-corrected chi connectivity index (χ2v) is 7.78. The average Bonchev–Trinajstić information content (AvgIpc) is 3.18. The van der Waals surface area contributed by atoms with Crippen LogP contribution < -0.4 is 5.32 Å². The zero-order valence-electron chi connectivity index (χ0n) is 16.6. The molecule has 1 heterocycles. The van der Waals surface area contributed by atoms with Crippen molar-refractivity contribution in [2.45, 2.75) is 39.3 Å². The summed E-state index contributed by atoms with van der Waals surface area (Å²) >= 11 is 0.